The molecule has 0 bridgehead atoms. The van der Waals surface area contributed by atoms with E-state index < -0.39 is 0 Å². The number of anilines is 1. The molecule has 0 aromatic carbocycles. The zero-order valence-corrected chi connectivity index (χ0v) is 10.5. The van der Waals surface area contributed by atoms with E-state index in [1.54, 1.807) is 25.4 Å². The molecule has 1 aliphatic rings. The molecular formula is C13H18N2O3. The maximum Gasteiger partial charge on any atom is 0.274 e. The molecule has 0 spiro atoms. The maximum atomic E-state index is 11.7. The molecule has 1 heterocycles. The molecular weight excluding hydrogens is 232 g/mol. The molecule has 1 fully saturated rings. The molecule has 5 nitrogen and oxygen atoms in total. The number of aromatic nitrogens is 1. The highest BCUT2D eigenvalue weighted by Gasteiger charge is 2.16. The van der Waals surface area contributed by atoms with Crippen LogP contribution in [0.1, 0.15) is 25.7 Å². The van der Waals surface area contributed by atoms with Crippen molar-refractivity contribution in [2.75, 3.05) is 11.9 Å². The number of nitrogens with one attached hydrogen (secondary N) is 1. The van der Waals surface area contributed by atoms with Crippen LogP contribution in [0.2, 0.25) is 0 Å². The second-order valence-electron chi connectivity index (χ2n) is 4.60. The zero-order valence-electron chi connectivity index (χ0n) is 10.5. The molecule has 1 aromatic rings. The van der Waals surface area contributed by atoms with E-state index in [1.807, 2.05) is 0 Å². The second kappa shape index (κ2) is 5.82. The van der Waals surface area contributed by atoms with Gasteiger partial charge in [-0.05, 0) is 25.0 Å². The Morgan fingerprint density at radius 3 is 2.94 bits per heavy atom. The molecule has 1 aromatic heterocycles. The van der Waals surface area contributed by atoms with Crippen LogP contribution in [-0.4, -0.2) is 23.2 Å². The average Bonchev–Trinajstić information content (AvgIpc) is 2.86. The van der Waals surface area contributed by atoms with E-state index in [2.05, 4.69) is 5.32 Å². The van der Waals surface area contributed by atoms with Gasteiger partial charge in [0.1, 0.15) is 12.3 Å². The molecule has 1 amide bonds. The summed E-state index contributed by atoms with van der Waals surface area (Å²) in [4.78, 5) is 23.3. The van der Waals surface area contributed by atoms with Gasteiger partial charge in [0.15, 0.2) is 0 Å². The van der Waals surface area contributed by atoms with Crippen molar-refractivity contribution < 1.29 is 9.53 Å². The Kier molecular flexibility index (Phi) is 4.15. The van der Waals surface area contributed by atoms with Gasteiger partial charge in [-0.15, -0.1) is 0 Å². The van der Waals surface area contributed by atoms with E-state index in [9.17, 15) is 9.59 Å². The number of amides is 1. The van der Waals surface area contributed by atoms with Crippen LogP contribution in [-0.2, 0) is 16.6 Å². The van der Waals surface area contributed by atoms with E-state index in [4.69, 9.17) is 4.74 Å². The summed E-state index contributed by atoms with van der Waals surface area (Å²) in [5.41, 5.74) is 0.0757. The Hall–Kier alpha value is -1.62. The lowest BCUT2D eigenvalue weighted by atomic mass is 10.3. The van der Waals surface area contributed by atoms with Crippen molar-refractivity contribution in [3.8, 4) is 0 Å². The first-order chi connectivity index (χ1) is 8.66. The molecule has 1 N–H and O–H groups in total. The highest BCUT2D eigenvalue weighted by atomic mass is 16.5. The lowest BCUT2D eigenvalue weighted by Gasteiger charge is -2.11. The van der Waals surface area contributed by atoms with E-state index in [0.29, 0.717) is 5.69 Å². The smallest absolute Gasteiger partial charge is 0.274 e. The Bertz CT molecular complexity index is 475. The topological polar surface area (TPSA) is 60.3 Å². The molecule has 18 heavy (non-hydrogen) atoms. The van der Waals surface area contributed by atoms with Crippen LogP contribution in [0.4, 0.5) is 5.69 Å². The Morgan fingerprint density at radius 2 is 2.22 bits per heavy atom. The van der Waals surface area contributed by atoms with Crippen LogP contribution in [0.25, 0.3) is 0 Å². The zero-order chi connectivity index (χ0) is 13.0. The summed E-state index contributed by atoms with van der Waals surface area (Å²) in [7, 11) is 1.65. The minimum absolute atomic E-state index is 0.0166. The molecule has 0 unspecified atom stereocenters. The van der Waals surface area contributed by atoms with Gasteiger partial charge in [0.05, 0.1) is 6.10 Å². The van der Waals surface area contributed by atoms with Gasteiger partial charge in [-0.25, -0.2) is 0 Å². The second-order valence-corrected chi connectivity index (χ2v) is 4.60. The summed E-state index contributed by atoms with van der Waals surface area (Å²) in [6.07, 6.45) is 6.25. The third-order valence-electron chi connectivity index (χ3n) is 3.15. The van der Waals surface area contributed by atoms with E-state index >= 15 is 0 Å². The quantitative estimate of drug-likeness (QED) is 0.875. The molecule has 0 atom stereocenters. The SMILES string of the molecule is Cn1cccc(NC(=O)COC2CCCC2)c1=O. The van der Waals surface area contributed by atoms with Gasteiger partial charge in [0.25, 0.3) is 11.5 Å². The summed E-state index contributed by atoms with van der Waals surface area (Å²) >= 11 is 0. The fourth-order valence-corrected chi connectivity index (χ4v) is 2.13. The van der Waals surface area contributed by atoms with Crippen LogP contribution in [0.3, 0.4) is 0 Å². The first-order valence-electron chi connectivity index (χ1n) is 6.24. The highest BCUT2D eigenvalue weighted by molar-refractivity contribution is 5.91. The first kappa shape index (κ1) is 12.8. The number of hydrogen-bond acceptors (Lipinski definition) is 3. The summed E-state index contributed by atoms with van der Waals surface area (Å²) in [6.45, 7) is 0.0166. The van der Waals surface area contributed by atoms with Gasteiger partial charge >= 0.3 is 0 Å². The van der Waals surface area contributed by atoms with E-state index in [-0.39, 0.29) is 24.2 Å². The maximum absolute atomic E-state index is 11.7. The van der Waals surface area contributed by atoms with Gasteiger partial charge < -0.3 is 14.6 Å². The van der Waals surface area contributed by atoms with Crippen LogP contribution in [0.15, 0.2) is 23.1 Å². The number of carbonyl (C=O) groups is 1. The first-order valence-corrected chi connectivity index (χ1v) is 6.24. The van der Waals surface area contributed by atoms with E-state index in [0.717, 1.165) is 12.8 Å². The van der Waals surface area contributed by atoms with Gasteiger partial charge in [-0.1, -0.05) is 12.8 Å². The number of ether oxygens (including phenoxy) is 1. The van der Waals surface area contributed by atoms with Crippen molar-refractivity contribution in [2.45, 2.75) is 31.8 Å². The lowest BCUT2D eigenvalue weighted by Crippen LogP contribution is -2.27. The van der Waals surface area contributed by atoms with Crippen LogP contribution < -0.4 is 10.9 Å². The van der Waals surface area contributed by atoms with Crippen molar-refractivity contribution in [1.29, 1.82) is 0 Å². The minimum Gasteiger partial charge on any atom is -0.368 e. The van der Waals surface area contributed by atoms with Crippen LogP contribution >= 0.6 is 0 Å². The van der Waals surface area contributed by atoms with Crippen molar-refractivity contribution in [1.82, 2.24) is 4.57 Å². The minimum atomic E-state index is -0.273. The Labute approximate surface area is 106 Å². The third kappa shape index (κ3) is 3.20. The number of carbonyl (C=O) groups excluding carboxylic acids is 1. The Morgan fingerprint density at radius 1 is 1.50 bits per heavy atom. The fraction of sp³-hybridized carbons (Fsp3) is 0.538. The fourth-order valence-electron chi connectivity index (χ4n) is 2.13. The summed E-state index contributed by atoms with van der Waals surface area (Å²) < 4.78 is 6.91. The Balaban J connectivity index is 1.86. The summed E-state index contributed by atoms with van der Waals surface area (Å²) in [5.74, 6) is -0.273. The summed E-state index contributed by atoms with van der Waals surface area (Å²) in [6, 6.07) is 3.31. The number of hydrogen-bond donors (Lipinski definition) is 1. The van der Waals surface area contributed by atoms with Crippen LogP contribution in [0, 0.1) is 0 Å². The largest absolute Gasteiger partial charge is 0.368 e. The monoisotopic (exact) mass is 250 g/mol. The molecule has 2 rings (SSSR count). The average molecular weight is 250 g/mol. The van der Waals surface area contributed by atoms with Crippen molar-refractivity contribution in [2.24, 2.45) is 7.05 Å². The number of aryl methyl sites for hydroxylation is 1. The molecule has 0 aliphatic heterocycles. The predicted molar refractivity (Wildman–Crippen MR) is 68.5 cm³/mol. The van der Waals surface area contributed by atoms with Gasteiger partial charge in [0.2, 0.25) is 0 Å². The molecule has 98 valence electrons. The molecule has 1 aliphatic carbocycles. The van der Waals surface area contributed by atoms with Crippen LogP contribution in [0.5, 0.6) is 0 Å². The van der Waals surface area contributed by atoms with Crippen molar-refractivity contribution >= 4 is 11.6 Å². The molecule has 5 heteroatoms. The lowest BCUT2D eigenvalue weighted by molar-refractivity contribution is -0.122. The summed E-state index contributed by atoms with van der Waals surface area (Å²) in [5, 5.41) is 2.58. The number of pyridine rings is 1. The molecule has 1 saturated carbocycles. The number of nitrogens with zero attached hydrogens (tertiary/aromatic N) is 1. The van der Waals surface area contributed by atoms with Gasteiger partial charge in [-0.3, -0.25) is 9.59 Å². The standard InChI is InChI=1S/C13H18N2O3/c1-15-8-4-7-11(13(15)17)14-12(16)9-18-10-5-2-3-6-10/h4,7-8,10H,2-3,5-6,9H2,1H3,(H,14,16). The van der Waals surface area contributed by atoms with Gasteiger partial charge in [-0.2, -0.15) is 0 Å². The molecule has 0 saturated heterocycles. The van der Waals surface area contributed by atoms with Gasteiger partial charge in [0, 0.05) is 13.2 Å². The number of rotatable bonds is 4. The van der Waals surface area contributed by atoms with Crippen molar-refractivity contribution in [3.63, 3.8) is 0 Å². The highest BCUT2D eigenvalue weighted by Crippen LogP contribution is 2.20. The predicted octanol–water partition coefficient (Wildman–Crippen LogP) is 1.28. The molecule has 0 radical (unpaired) electrons. The van der Waals surface area contributed by atoms with Crippen molar-refractivity contribution in [3.05, 3.63) is 28.7 Å². The van der Waals surface area contributed by atoms with E-state index in [1.165, 1.54) is 17.4 Å². The normalized spacial score (nSPS) is 15.8. The third-order valence-corrected chi connectivity index (χ3v) is 3.15.